The van der Waals surface area contributed by atoms with Crippen molar-refractivity contribution >= 4 is 22.1 Å². The van der Waals surface area contributed by atoms with Crippen LogP contribution in [0.4, 0.5) is 20.2 Å². The summed E-state index contributed by atoms with van der Waals surface area (Å²) in [6.07, 6.45) is 3.71. The zero-order valence-electron chi connectivity index (χ0n) is 20.4. The third kappa shape index (κ3) is 5.60. The fraction of sp³-hybridized carbons (Fsp3) is 0.267. The first-order valence-electron chi connectivity index (χ1n) is 12.4. The van der Waals surface area contributed by atoms with E-state index in [9.17, 15) is 8.78 Å². The molecule has 0 aromatic heterocycles. The van der Waals surface area contributed by atoms with Crippen molar-refractivity contribution in [3.63, 3.8) is 0 Å². The fourth-order valence-electron chi connectivity index (χ4n) is 4.71. The van der Waals surface area contributed by atoms with Gasteiger partial charge in [-0.15, -0.1) is 0 Å². The third-order valence-electron chi connectivity index (χ3n) is 6.66. The van der Waals surface area contributed by atoms with E-state index in [1.165, 1.54) is 37.5 Å². The van der Waals surface area contributed by atoms with E-state index in [0.717, 1.165) is 47.3 Å². The molecule has 4 aromatic carbocycles. The summed E-state index contributed by atoms with van der Waals surface area (Å²) in [5, 5.41) is 5.28. The molecule has 4 nitrogen and oxygen atoms in total. The molecule has 5 rings (SSSR count). The van der Waals surface area contributed by atoms with Gasteiger partial charge in [-0.2, -0.15) is 0 Å². The van der Waals surface area contributed by atoms with Gasteiger partial charge in [0.1, 0.15) is 18.2 Å². The number of halogens is 2. The number of ether oxygens (including phenoxy) is 2. The molecule has 0 bridgehead atoms. The van der Waals surface area contributed by atoms with Crippen molar-refractivity contribution in [2.75, 3.05) is 38.7 Å². The minimum atomic E-state index is -0.448. The summed E-state index contributed by atoms with van der Waals surface area (Å²) >= 11 is 0. The summed E-state index contributed by atoms with van der Waals surface area (Å²) in [4.78, 5) is 2.35. The van der Waals surface area contributed by atoms with Crippen molar-refractivity contribution in [2.24, 2.45) is 0 Å². The first-order chi connectivity index (χ1) is 17.6. The Morgan fingerprint density at radius 3 is 2.44 bits per heavy atom. The van der Waals surface area contributed by atoms with Gasteiger partial charge in [-0.3, -0.25) is 4.90 Å². The van der Waals surface area contributed by atoms with Crippen LogP contribution in [0.25, 0.3) is 21.9 Å². The summed E-state index contributed by atoms with van der Waals surface area (Å²) in [6.45, 7) is 3.41. The number of nitrogens with zero attached hydrogens (tertiary/aromatic N) is 1. The zero-order valence-corrected chi connectivity index (χ0v) is 20.4. The number of piperidine rings is 1. The number of methoxy groups -OCH3 is 1. The Morgan fingerprint density at radius 2 is 1.64 bits per heavy atom. The monoisotopic (exact) mass is 488 g/mol. The summed E-state index contributed by atoms with van der Waals surface area (Å²) in [5.41, 5.74) is 2.82. The second-order valence-corrected chi connectivity index (χ2v) is 9.14. The van der Waals surface area contributed by atoms with Crippen LogP contribution >= 0.6 is 0 Å². The van der Waals surface area contributed by atoms with Gasteiger partial charge in [0.25, 0.3) is 0 Å². The van der Waals surface area contributed by atoms with Crippen LogP contribution in [-0.2, 0) is 0 Å². The molecule has 1 heterocycles. The summed E-state index contributed by atoms with van der Waals surface area (Å²) in [6, 6.07) is 21.3. The maximum absolute atomic E-state index is 14.8. The molecule has 0 saturated carbocycles. The van der Waals surface area contributed by atoms with Gasteiger partial charge >= 0.3 is 0 Å². The Bertz CT molecular complexity index is 1350. The van der Waals surface area contributed by atoms with Gasteiger partial charge in [-0.05, 0) is 90.8 Å². The number of rotatable bonds is 8. The van der Waals surface area contributed by atoms with Crippen LogP contribution in [0, 0.1) is 11.6 Å². The maximum atomic E-state index is 14.8. The number of nitrogens with one attached hydrogen (secondary N) is 1. The Balaban J connectivity index is 1.33. The Morgan fingerprint density at radius 1 is 0.833 bits per heavy atom. The van der Waals surface area contributed by atoms with Crippen molar-refractivity contribution in [1.29, 1.82) is 0 Å². The summed E-state index contributed by atoms with van der Waals surface area (Å²) < 4.78 is 40.0. The minimum Gasteiger partial charge on any atom is -0.497 e. The number of benzene rings is 4. The van der Waals surface area contributed by atoms with Gasteiger partial charge in [0.15, 0.2) is 11.6 Å². The van der Waals surface area contributed by atoms with Gasteiger partial charge in [-0.25, -0.2) is 8.78 Å². The van der Waals surface area contributed by atoms with Crippen LogP contribution < -0.4 is 14.8 Å². The zero-order chi connectivity index (χ0) is 24.9. The second kappa shape index (κ2) is 11.0. The molecule has 1 saturated heterocycles. The number of hydrogen-bond donors (Lipinski definition) is 1. The highest BCUT2D eigenvalue weighted by Crippen LogP contribution is 2.34. The van der Waals surface area contributed by atoms with E-state index in [-0.39, 0.29) is 11.6 Å². The normalized spacial score (nSPS) is 14.1. The molecule has 0 aliphatic carbocycles. The predicted octanol–water partition coefficient (Wildman–Crippen LogP) is 7.40. The second-order valence-electron chi connectivity index (χ2n) is 9.14. The highest BCUT2D eigenvalue weighted by molar-refractivity contribution is 5.91. The summed E-state index contributed by atoms with van der Waals surface area (Å²) in [7, 11) is 1.64. The van der Waals surface area contributed by atoms with E-state index in [0.29, 0.717) is 18.0 Å². The van der Waals surface area contributed by atoms with Crippen LogP contribution in [0.5, 0.6) is 11.5 Å². The van der Waals surface area contributed by atoms with Gasteiger partial charge in [0.05, 0.1) is 7.11 Å². The predicted molar refractivity (Wildman–Crippen MR) is 141 cm³/mol. The SMILES string of the molecule is COc1ccc2cc(-c3ccc(F)cc3Nc3ccc(OCCN4CCCCC4)c(F)c3)ccc2c1. The Hall–Kier alpha value is -3.64. The lowest BCUT2D eigenvalue weighted by atomic mass is 9.99. The smallest absolute Gasteiger partial charge is 0.167 e. The molecule has 0 atom stereocenters. The molecular formula is C30H30F2N2O2. The molecule has 0 radical (unpaired) electrons. The van der Waals surface area contributed by atoms with E-state index in [2.05, 4.69) is 10.2 Å². The first-order valence-corrected chi connectivity index (χ1v) is 12.4. The van der Waals surface area contributed by atoms with Crippen molar-refractivity contribution < 1.29 is 18.3 Å². The highest BCUT2D eigenvalue weighted by atomic mass is 19.1. The Labute approximate surface area is 210 Å². The lowest BCUT2D eigenvalue weighted by Gasteiger charge is -2.26. The number of fused-ring (bicyclic) bond motifs is 1. The minimum absolute atomic E-state index is 0.224. The van der Waals surface area contributed by atoms with E-state index in [1.54, 1.807) is 25.3 Å². The standard InChI is InChI=1S/C30H30F2N2O2/c1-35-26-10-7-21-17-23(6-5-22(21)18-26)27-11-8-24(31)19-29(27)33-25-9-12-30(28(32)20-25)36-16-15-34-13-3-2-4-14-34/h5-12,17-20,33H,2-4,13-16H2,1H3. The molecule has 1 aliphatic rings. The fourth-order valence-corrected chi connectivity index (χ4v) is 4.71. The van der Waals surface area contributed by atoms with Crippen molar-refractivity contribution in [3.8, 4) is 22.6 Å². The molecule has 4 aromatic rings. The van der Waals surface area contributed by atoms with Crippen molar-refractivity contribution in [1.82, 2.24) is 4.90 Å². The Kier molecular flexibility index (Phi) is 7.33. The number of anilines is 2. The maximum Gasteiger partial charge on any atom is 0.167 e. The van der Waals surface area contributed by atoms with E-state index >= 15 is 0 Å². The summed E-state index contributed by atoms with van der Waals surface area (Å²) in [5.74, 6) is 0.198. The molecule has 36 heavy (non-hydrogen) atoms. The van der Waals surface area contributed by atoms with Crippen LogP contribution in [0.2, 0.25) is 0 Å². The molecule has 1 N–H and O–H groups in total. The quantitative estimate of drug-likeness (QED) is 0.280. The largest absolute Gasteiger partial charge is 0.497 e. The molecule has 6 heteroatoms. The molecule has 0 unspecified atom stereocenters. The van der Waals surface area contributed by atoms with Gasteiger partial charge in [0.2, 0.25) is 0 Å². The van der Waals surface area contributed by atoms with Gasteiger partial charge in [-0.1, -0.05) is 24.6 Å². The van der Waals surface area contributed by atoms with Crippen LogP contribution in [-0.4, -0.2) is 38.3 Å². The number of hydrogen-bond acceptors (Lipinski definition) is 4. The molecular weight excluding hydrogens is 458 g/mol. The molecule has 1 aliphatic heterocycles. The van der Waals surface area contributed by atoms with Gasteiger partial charge in [0, 0.05) is 29.5 Å². The highest BCUT2D eigenvalue weighted by Gasteiger charge is 2.13. The average Bonchev–Trinajstić information content (AvgIpc) is 2.90. The van der Waals surface area contributed by atoms with Crippen LogP contribution in [0.3, 0.4) is 0 Å². The van der Waals surface area contributed by atoms with Crippen molar-refractivity contribution in [2.45, 2.75) is 19.3 Å². The van der Waals surface area contributed by atoms with Gasteiger partial charge < -0.3 is 14.8 Å². The van der Waals surface area contributed by atoms with E-state index in [1.807, 2.05) is 36.4 Å². The average molecular weight is 489 g/mol. The molecule has 1 fully saturated rings. The van der Waals surface area contributed by atoms with Crippen LogP contribution in [0.15, 0.2) is 72.8 Å². The van der Waals surface area contributed by atoms with Crippen molar-refractivity contribution in [3.05, 3.63) is 84.4 Å². The lowest BCUT2D eigenvalue weighted by Crippen LogP contribution is -2.33. The molecule has 186 valence electrons. The topological polar surface area (TPSA) is 33.7 Å². The third-order valence-corrected chi connectivity index (χ3v) is 6.66. The number of likely N-dealkylation sites (tertiary alicyclic amines) is 1. The van der Waals surface area contributed by atoms with E-state index < -0.39 is 5.82 Å². The lowest BCUT2D eigenvalue weighted by molar-refractivity contribution is 0.180. The molecule has 0 amide bonds. The first kappa shape index (κ1) is 24.1. The molecule has 0 spiro atoms. The van der Waals surface area contributed by atoms with Crippen LogP contribution in [0.1, 0.15) is 19.3 Å². The van der Waals surface area contributed by atoms with E-state index in [4.69, 9.17) is 9.47 Å².